The Balaban J connectivity index is 1.35. The van der Waals surface area contributed by atoms with Crippen LogP contribution >= 0.6 is 0 Å². The normalized spacial score (nSPS) is 24.0. The maximum Gasteiger partial charge on any atom is 0.119 e. The first-order chi connectivity index (χ1) is 14.8. The number of fused-ring (bicyclic) bond motifs is 1. The van der Waals surface area contributed by atoms with E-state index in [-0.39, 0.29) is 0 Å². The lowest BCUT2D eigenvalue weighted by atomic mass is 9.69. The Kier molecular flexibility index (Phi) is 7.31. The molecule has 2 aliphatic carbocycles. The first-order valence-electron chi connectivity index (χ1n) is 12.2. The van der Waals surface area contributed by atoms with Gasteiger partial charge in [-0.2, -0.15) is 0 Å². The molecular formula is C29H38O. The topological polar surface area (TPSA) is 9.23 Å². The van der Waals surface area contributed by atoms with Gasteiger partial charge in [0.1, 0.15) is 5.75 Å². The molecule has 1 unspecified atom stereocenters. The molecule has 0 heterocycles. The van der Waals surface area contributed by atoms with Gasteiger partial charge < -0.3 is 4.74 Å². The van der Waals surface area contributed by atoms with Gasteiger partial charge in [-0.15, -0.1) is 0 Å². The van der Waals surface area contributed by atoms with Crippen molar-refractivity contribution in [2.45, 2.75) is 71.6 Å². The molecule has 1 heteroatoms. The molecular weight excluding hydrogens is 364 g/mol. The molecule has 1 saturated carbocycles. The monoisotopic (exact) mass is 402 g/mol. The third-order valence-electron chi connectivity index (χ3n) is 7.51. The predicted molar refractivity (Wildman–Crippen MR) is 128 cm³/mol. The Morgan fingerprint density at radius 3 is 2.37 bits per heavy atom. The summed E-state index contributed by atoms with van der Waals surface area (Å²) >= 11 is 0. The quantitative estimate of drug-likeness (QED) is 0.426. The van der Waals surface area contributed by atoms with Crippen LogP contribution in [0.5, 0.6) is 5.75 Å². The average Bonchev–Trinajstić information content (AvgIpc) is 2.80. The van der Waals surface area contributed by atoms with Gasteiger partial charge in [-0.05, 0) is 111 Å². The van der Waals surface area contributed by atoms with Gasteiger partial charge in [0.15, 0.2) is 0 Å². The van der Waals surface area contributed by atoms with Crippen molar-refractivity contribution in [2.75, 3.05) is 6.61 Å². The molecule has 1 nitrogen and oxygen atoms in total. The molecule has 0 bridgehead atoms. The molecule has 2 aliphatic rings. The third kappa shape index (κ3) is 5.17. The minimum absolute atomic E-state index is 0.719. The maximum atomic E-state index is 5.58. The summed E-state index contributed by atoms with van der Waals surface area (Å²) < 4.78 is 5.58. The molecule has 4 rings (SSSR count). The zero-order valence-electron chi connectivity index (χ0n) is 18.9. The molecule has 0 aromatic heterocycles. The van der Waals surface area contributed by atoms with E-state index in [2.05, 4.69) is 61.5 Å². The van der Waals surface area contributed by atoms with Crippen molar-refractivity contribution in [3.63, 3.8) is 0 Å². The van der Waals surface area contributed by atoms with E-state index >= 15 is 0 Å². The Bertz CT molecular complexity index is 824. The summed E-state index contributed by atoms with van der Waals surface area (Å²) in [7, 11) is 0. The highest BCUT2D eigenvalue weighted by Crippen LogP contribution is 2.41. The molecule has 1 fully saturated rings. The second-order valence-electron chi connectivity index (χ2n) is 9.37. The van der Waals surface area contributed by atoms with Gasteiger partial charge in [0.2, 0.25) is 0 Å². The summed E-state index contributed by atoms with van der Waals surface area (Å²) in [6.07, 6.45) is 17.0. The number of hydrogen-bond acceptors (Lipinski definition) is 1. The van der Waals surface area contributed by atoms with Crippen molar-refractivity contribution >= 4 is 0 Å². The molecule has 1 atom stereocenters. The Morgan fingerprint density at radius 1 is 0.867 bits per heavy atom. The van der Waals surface area contributed by atoms with E-state index in [4.69, 9.17) is 4.74 Å². The summed E-state index contributed by atoms with van der Waals surface area (Å²) in [4.78, 5) is 0. The van der Waals surface area contributed by atoms with E-state index < -0.39 is 0 Å². The zero-order valence-corrected chi connectivity index (χ0v) is 18.9. The van der Waals surface area contributed by atoms with Crippen LogP contribution < -0.4 is 4.74 Å². The molecule has 0 amide bonds. The van der Waals surface area contributed by atoms with Crippen LogP contribution in [0.25, 0.3) is 11.1 Å². The van der Waals surface area contributed by atoms with Gasteiger partial charge in [-0.3, -0.25) is 0 Å². The van der Waals surface area contributed by atoms with Gasteiger partial charge in [-0.1, -0.05) is 55.3 Å². The van der Waals surface area contributed by atoms with E-state index in [1.54, 1.807) is 11.1 Å². The van der Waals surface area contributed by atoms with Gasteiger partial charge in [0.05, 0.1) is 6.61 Å². The maximum absolute atomic E-state index is 5.58. The Labute approximate surface area is 183 Å². The van der Waals surface area contributed by atoms with Crippen LogP contribution in [0.4, 0.5) is 0 Å². The van der Waals surface area contributed by atoms with Crippen molar-refractivity contribution in [1.82, 2.24) is 0 Å². The molecule has 0 radical (unpaired) electrons. The summed E-state index contributed by atoms with van der Waals surface area (Å²) in [6.45, 7) is 4.89. The number of allylic oxidation sites excluding steroid dienone is 2. The molecule has 0 spiro atoms. The number of aryl methyl sites for hydroxylation is 1. The fourth-order valence-corrected chi connectivity index (χ4v) is 5.72. The second kappa shape index (κ2) is 10.3. The molecule has 160 valence electrons. The largest absolute Gasteiger partial charge is 0.494 e. The van der Waals surface area contributed by atoms with Crippen molar-refractivity contribution < 1.29 is 4.74 Å². The van der Waals surface area contributed by atoms with Crippen LogP contribution in [0.15, 0.2) is 54.6 Å². The third-order valence-corrected chi connectivity index (χ3v) is 7.51. The van der Waals surface area contributed by atoms with Crippen LogP contribution in [0.2, 0.25) is 0 Å². The number of ether oxygens (including phenoxy) is 1. The van der Waals surface area contributed by atoms with Crippen LogP contribution in [0, 0.1) is 17.8 Å². The molecule has 0 saturated heterocycles. The molecule has 2 aromatic carbocycles. The first kappa shape index (κ1) is 21.2. The second-order valence-corrected chi connectivity index (χ2v) is 9.37. The van der Waals surface area contributed by atoms with Crippen LogP contribution in [0.3, 0.4) is 0 Å². The zero-order chi connectivity index (χ0) is 20.8. The van der Waals surface area contributed by atoms with E-state index in [9.17, 15) is 0 Å². The fraction of sp³-hybridized carbons (Fsp3) is 0.517. The SMILES string of the molecule is C/C=C/CCC1CCC(C2CCc3cc(-c4ccc(OCC)cc4)ccc3C2)CC1. The highest BCUT2D eigenvalue weighted by molar-refractivity contribution is 5.66. The molecule has 2 aromatic rings. The Hall–Kier alpha value is -2.02. The molecule has 0 aliphatic heterocycles. The van der Waals surface area contributed by atoms with E-state index in [0.29, 0.717) is 0 Å². The van der Waals surface area contributed by atoms with Gasteiger partial charge >= 0.3 is 0 Å². The fourth-order valence-electron chi connectivity index (χ4n) is 5.72. The lowest BCUT2D eigenvalue weighted by Crippen LogP contribution is -2.26. The smallest absolute Gasteiger partial charge is 0.119 e. The van der Waals surface area contributed by atoms with E-state index in [1.165, 1.54) is 68.9 Å². The van der Waals surface area contributed by atoms with Crippen molar-refractivity contribution in [1.29, 1.82) is 0 Å². The van der Waals surface area contributed by atoms with Crippen LogP contribution in [-0.2, 0) is 12.8 Å². The highest BCUT2D eigenvalue weighted by atomic mass is 16.5. The molecule has 30 heavy (non-hydrogen) atoms. The lowest BCUT2D eigenvalue weighted by Gasteiger charge is -2.36. The minimum atomic E-state index is 0.719. The van der Waals surface area contributed by atoms with Crippen molar-refractivity contribution in [3.05, 3.63) is 65.7 Å². The van der Waals surface area contributed by atoms with Gasteiger partial charge in [0.25, 0.3) is 0 Å². The predicted octanol–water partition coefficient (Wildman–Crippen LogP) is 8.02. The summed E-state index contributed by atoms with van der Waals surface area (Å²) in [5.41, 5.74) is 5.82. The first-order valence-corrected chi connectivity index (χ1v) is 12.2. The minimum Gasteiger partial charge on any atom is -0.494 e. The number of benzene rings is 2. The average molecular weight is 403 g/mol. The standard InChI is InChI=1S/C29H38O/c1-3-5-6-7-22-8-10-23(11-9-22)25-12-14-28-21-26(13-15-27(28)20-25)24-16-18-29(19-17-24)30-4-2/h3,5,13,15-19,21-23,25H,4,6-12,14,20H2,1-2H3/b5-3+. The number of rotatable bonds is 7. The van der Waals surface area contributed by atoms with E-state index in [1.807, 2.05) is 6.92 Å². The van der Waals surface area contributed by atoms with Gasteiger partial charge in [-0.25, -0.2) is 0 Å². The lowest BCUT2D eigenvalue weighted by molar-refractivity contribution is 0.185. The summed E-state index contributed by atoms with van der Waals surface area (Å²) in [5, 5.41) is 0. The summed E-state index contributed by atoms with van der Waals surface area (Å²) in [6, 6.07) is 15.7. The summed E-state index contributed by atoms with van der Waals surface area (Å²) in [5.74, 6) is 3.80. The number of hydrogen-bond donors (Lipinski definition) is 0. The van der Waals surface area contributed by atoms with Crippen molar-refractivity contribution in [2.24, 2.45) is 17.8 Å². The molecule has 0 N–H and O–H groups in total. The van der Waals surface area contributed by atoms with Crippen LogP contribution in [-0.4, -0.2) is 6.61 Å². The highest BCUT2D eigenvalue weighted by Gasteiger charge is 2.30. The van der Waals surface area contributed by atoms with Gasteiger partial charge in [0, 0.05) is 0 Å². The van der Waals surface area contributed by atoms with Crippen molar-refractivity contribution in [3.8, 4) is 16.9 Å². The Morgan fingerprint density at radius 2 is 1.63 bits per heavy atom. The van der Waals surface area contributed by atoms with E-state index in [0.717, 1.165) is 30.1 Å². The van der Waals surface area contributed by atoms with Crippen LogP contribution in [0.1, 0.15) is 69.9 Å².